The highest BCUT2D eigenvalue weighted by molar-refractivity contribution is 8.01. The molecule has 702 valence electrons. The van der Waals surface area contributed by atoms with E-state index in [1.165, 1.54) is 73.2 Å². The van der Waals surface area contributed by atoms with E-state index in [1.54, 1.807) is 30.7 Å². The molecule has 0 radical (unpaired) electrons. The topological polar surface area (TPSA) is 245 Å². The van der Waals surface area contributed by atoms with Gasteiger partial charge in [0.1, 0.15) is 24.7 Å². The molecule has 9 aromatic carbocycles. The molecule has 2 heterocycles. The van der Waals surface area contributed by atoms with Gasteiger partial charge in [-0.2, -0.15) is 13.2 Å². The number of carbonyl (C=O) groups excluding carboxylic acids is 5. The van der Waals surface area contributed by atoms with Crippen molar-refractivity contribution in [3.63, 3.8) is 0 Å². The number of carbonyl (C=O) groups is 6. The molecule has 3 aliphatic carbocycles. The number of aryl methyl sites for hydroxylation is 3. The fourth-order valence-corrected chi connectivity index (χ4v) is 23.7. The highest BCUT2D eigenvalue weighted by Gasteiger charge is 2.54. The summed E-state index contributed by atoms with van der Waals surface area (Å²) < 4.78 is 36.4. The maximum Gasteiger partial charge on any atom is 0.411 e. The summed E-state index contributed by atoms with van der Waals surface area (Å²) in [5.41, 5.74) is 20.2. The molecule has 2 saturated heterocycles. The van der Waals surface area contributed by atoms with Gasteiger partial charge in [-0.3, -0.25) is 24.0 Å². The number of fused-ring (bicyclic) bond motifs is 4. The Morgan fingerprint density at radius 2 is 0.954 bits per heavy atom. The largest absolute Gasteiger partial charge is 0.481 e. The summed E-state index contributed by atoms with van der Waals surface area (Å²) in [6.07, 6.45) is 10.8. The Morgan fingerprint density at radius 1 is 0.580 bits per heavy atom. The van der Waals surface area contributed by atoms with Crippen molar-refractivity contribution in [2.75, 3.05) is 31.0 Å². The number of hydrogen-bond donors (Lipinski definition) is 6. The molecular formula is C110H139F3N6O9S3. The van der Waals surface area contributed by atoms with Gasteiger partial charge in [0.15, 0.2) is 0 Å². The smallest absolute Gasteiger partial charge is 0.411 e. The SMILES string of the molecule is CC(C)CC(C)(C)C=O.CC1(C)C[C@@H]2SCC[C@H](N)C(=O)N2C1C(=O)N[C@@H]1CCCc2ccccc21.COC(C)CC(C)(C)C(CC(=O)[C@@H](C)CCSC(c1ccccc1)(c1ccccc1)c1ccccc1)C(=O)N[C@@H]1CCCc2ccccc21.C[C@@H](CCSC(c1ccccc1)(c1ccccc1)c1ccccc1)C(=O)O.N.OCC(F)(F)F.[C-]#[N+]C1CCCc2ccccc21. The Balaban J connectivity index is 0.000000219. The van der Waals surface area contributed by atoms with Gasteiger partial charge in [0, 0.05) is 36.8 Å². The predicted molar refractivity (Wildman–Crippen MR) is 531 cm³/mol. The Kier molecular flexibility index (Phi) is 41.6. The zero-order valence-electron chi connectivity index (χ0n) is 78.6. The molecule has 10 atom stereocenters. The summed E-state index contributed by atoms with van der Waals surface area (Å²) in [5, 5.41) is 23.3. The molecule has 0 bridgehead atoms. The number of nitrogens with zero attached hydrogens (tertiary/aromatic N) is 2. The molecule has 5 aliphatic rings. The zero-order valence-corrected chi connectivity index (χ0v) is 81.1. The minimum absolute atomic E-state index is 0. The van der Waals surface area contributed by atoms with Crippen LogP contribution in [0.3, 0.4) is 0 Å². The Morgan fingerprint density at radius 3 is 1.33 bits per heavy atom. The lowest BCUT2D eigenvalue weighted by Gasteiger charge is -2.37. The number of aliphatic hydroxyl groups is 1. The van der Waals surface area contributed by atoms with Crippen LogP contribution in [0.4, 0.5) is 13.2 Å². The molecule has 9 N–H and O–H groups in total. The Hall–Kier alpha value is -9.63. The summed E-state index contributed by atoms with van der Waals surface area (Å²) in [7, 11) is 1.71. The van der Waals surface area contributed by atoms with Gasteiger partial charge in [-0.25, -0.2) is 6.57 Å². The van der Waals surface area contributed by atoms with E-state index in [9.17, 15) is 47.0 Å². The number of thioether (sulfide) groups is 3. The van der Waals surface area contributed by atoms with Crippen molar-refractivity contribution in [2.45, 2.75) is 236 Å². The summed E-state index contributed by atoms with van der Waals surface area (Å²) in [6.45, 7) is 27.8. The molecule has 2 fully saturated rings. The lowest BCUT2D eigenvalue weighted by atomic mass is 9.71. The maximum absolute atomic E-state index is 14.2. The van der Waals surface area contributed by atoms with Gasteiger partial charge in [0.2, 0.25) is 23.8 Å². The van der Waals surface area contributed by atoms with E-state index in [4.69, 9.17) is 22.1 Å². The van der Waals surface area contributed by atoms with E-state index in [0.29, 0.717) is 25.2 Å². The number of methoxy groups -OCH3 is 1. The van der Waals surface area contributed by atoms with E-state index < -0.39 is 46.9 Å². The highest BCUT2D eigenvalue weighted by atomic mass is 32.2. The third-order valence-electron chi connectivity index (χ3n) is 25.6. The number of aliphatic hydroxyl groups excluding tert-OH is 1. The standard InChI is InChI=1S/C44H53NO3S.C24H24O2S.C21H29N3O2S.C11H11N.C8H16O.C2H3F3O.H3N/c1-32(28-29-49-44(35-20-9-6-10-21-35,36-22-11-7-12-23-36)37-24-13-8-14-25-37)41(46)30-39(43(3,4)31-33(2)48-5)42(47)45-40-27-17-19-34-18-15-16-26-38(34)40;1-19(23(25)26)17-18-27-24(20-11-5-2-6-12-20,21-13-7-3-8-14-21)22-15-9-4-10-16-22;1-21(2)12-17-24(20(26)15(22)10-11-27-17)18(21)19(25)23-16-9-5-7-13-6-3-4-8-14(13)16;1-12-11-8-4-6-9-5-2-3-7-10(9)11;1-7(2)5-8(3,4)6-9;3-2(4,5)1-6;/h6-16,18,20-26,32-33,39-40H,17,19,27-31H2,1-5H3,(H,45,47);2-16,19H,17-18H2,1H3,(H,25,26);3-4,6,8,15-18H,5,7,9-12,22H2,1-2H3,(H,23,25);2-3,5,7,11H,4,6,8H2;6-7H,5H2,1-4H3;6H,1H2;1H3/t32-,33?,39?,40+;19-;15-,16+,17-,18?;;;;/m000..../s1. The van der Waals surface area contributed by atoms with Crippen molar-refractivity contribution in [1.82, 2.24) is 21.7 Å². The van der Waals surface area contributed by atoms with E-state index in [0.717, 1.165) is 94.2 Å². The van der Waals surface area contributed by atoms with Crippen molar-refractivity contribution in [1.29, 1.82) is 0 Å². The van der Waals surface area contributed by atoms with Crippen LogP contribution < -0.4 is 22.5 Å². The molecular weight excluding hydrogens is 1700 g/mol. The number of amides is 3. The van der Waals surface area contributed by atoms with Crippen LogP contribution in [-0.2, 0) is 62.3 Å². The monoisotopic (exact) mass is 1840 g/mol. The lowest BCUT2D eigenvalue weighted by molar-refractivity contribution is -0.159. The van der Waals surface area contributed by atoms with Gasteiger partial charge >= 0.3 is 12.1 Å². The minimum Gasteiger partial charge on any atom is -0.481 e. The number of carboxylic acids is 1. The molecule has 15 nitrogen and oxygen atoms in total. The second kappa shape index (κ2) is 51.0. The summed E-state index contributed by atoms with van der Waals surface area (Å²) in [4.78, 5) is 81.7. The first kappa shape index (κ1) is 107. The number of carboxylic acid groups (broad SMARTS) is 1. The Bertz CT molecular complexity index is 4870. The second-order valence-corrected chi connectivity index (χ2v) is 41.4. The number of ketones is 1. The van der Waals surface area contributed by atoms with Crippen LogP contribution in [-0.4, -0.2) is 112 Å². The van der Waals surface area contributed by atoms with Crippen molar-refractivity contribution in [2.24, 2.45) is 45.7 Å². The maximum atomic E-state index is 14.2. The van der Waals surface area contributed by atoms with E-state index in [2.05, 4.69) is 281 Å². The molecule has 4 unspecified atom stereocenters. The summed E-state index contributed by atoms with van der Waals surface area (Å²) >= 11 is 5.46. The molecule has 131 heavy (non-hydrogen) atoms. The van der Waals surface area contributed by atoms with Crippen LogP contribution in [0, 0.1) is 46.5 Å². The number of ether oxygens (including phenoxy) is 1. The minimum atomic E-state index is -4.40. The number of halogens is 3. The van der Waals surface area contributed by atoms with Gasteiger partial charge in [-0.1, -0.05) is 324 Å². The van der Waals surface area contributed by atoms with Crippen LogP contribution in [0.2, 0.25) is 0 Å². The molecule has 2 aliphatic heterocycles. The van der Waals surface area contributed by atoms with Crippen molar-refractivity contribution >= 4 is 71.0 Å². The average molecular weight is 1840 g/mol. The number of aldehydes is 1. The molecule has 3 amide bonds. The van der Waals surface area contributed by atoms with Crippen molar-refractivity contribution in [3.05, 3.63) is 333 Å². The molecule has 0 aromatic heterocycles. The Labute approximate surface area is 790 Å². The van der Waals surface area contributed by atoms with Crippen LogP contribution in [0.25, 0.3) is 4.85 Å². The first-order valence-electron chi connectivity index (χ1n) is 46.1. The van der Waals surface area contributed by atoms with E-state index in [-0.39, 0.29) is 93.1 Å². The van der Waals surface area contributed by atoms with Crippen molar-refractivity contribution < 1.29 is 56.9 Å². The third kappa shape index (κ3) is 29.7. The fraction of sp³-hybridized carbons (Fsp3) is 0.445. The van der Waals surface area contributed by atoms with Gasteiger partial charge in [-0.05, 0) is 192 Å². The number of benzene rings is 9. The molecule has 0 spiro atoms. The molecule has 21 heteroatoms. The van der Waals surface area contributed by atoms with Crippen LogP contribution in [0.5, 0.6) is 0 Å². The molecule has 9 aromatic rings. The van der Waals surface area contributed by atoms with Gasteiger partial charge in [0.05, 0.1) is 50.9 Å². The molecule has 14 rings (SSSR count). The number of Topliss-reactive ketones (excluding diaryl/α,β-unsaturated/α-hetero) is 1. The number of hydrogen-bond acceptors (Lipinski definition) is 13. The number of alkyl halides is 3. The van der Waals surface area contributed by atoms with Crippen LogP contribution in [0.15, 0.2) is 255 Å². The number of aliphatic carboxylic acids is 1. The second-order valence-electron chi connectivity index (χ2n) is 37.5. The van der Waals surface area contributed by atoms with Gasteiger partial charge < -0.3 is 52.0 Å². The van der Waals surface area contributed by atoms with Crippen LogP contribution in [0.1, 0.15) is 245 Å². The van der Waals surface area contributed by atoms with Gasteiger partial charge in [-0.15, -0.1) is 35.3 Å². The quantitative estimate of drug-likeness (QED) is 0.0145. The fourth-order valence-electron chi connectivity index (χ4n) is 18.7. The van der Waals surface area contributed by atoms with Crippen molar-refractivity contribution in [3.8, 4) is 0 Å². The summed E-state index contributed by atoms with van der Waals surface area (Å²) in [5.74, 6) is 1.31. The lowest BCUT2D eigenvalue weighted by Crippen LogP contribution is -2.55. The third-order valence-corrected chi connectivity index (χ3v) is 30.0. The number of nitrogens with one attached hydrogen (secondary N) is 2. The highest BCUT2D eigenvalue weighted by Crippen LogP contribution is 2.52. The molecule has 0 saturated carbocycles. The number of nitrogens with two attached hydrogens (primary N) is 1. The first-order valence-corrected chi connectivity index (χ1v) is 49.1. The normalized spacial score (nSPS) is 18.8. The summed E-state index contributed by atoms with van der Waals surface area (Å²) in [6, 6.07) is 87.8. The van der Waals surface area contributed by atoms with E-state index >= 15 is 0 Å². The first-order chi connectivity index (χ1) is 62.1. The van der Waals surface area contributed by atoms with Gasteiger partial charge in [0.25, 0.3) is 0 Å². The number of rotatable bonds is 29. The van der Waals surface area contributed by atoms with Crippen LogP contribution >= 0.6 is 35.3 Å². The van der Waals surface area contributed by atoms with E-state index in [1.807, 2.05) is 81.6 Å². The average Bonchev–Trinajstić information content (AvgIpc) is 1.69. The zero-order chi connectivity index (χ0) is 94.2. The predicted octanol–water partition coefficient (Wildman–Crippen LogP) is 24.3.